The van der Waals surface area contributed by atoms with E-state index in [0.29, 0.717) is 48.3 Å². The van der Waals surface area contributed by atoms with Gasteiger partial charge >= 0.3 is 59.1 Å². The SMILES string of the molecule is C1CCC2C3[N-]C(NC4[N-]C(NC5NC(NC6NC(N3)C3CCCCC63)C3CCCCC53)C3CCCCC43)C2C1.[Na+].[Na+]. The smallest absolute Gasteiger partial charge is 0.632 e. The minimum atomic E-state index is 0. The molecule has 9 aliphatic rings. The molecule has 9 rings (SSSR count). The first-order valence-electron chi connectivity index (χ1n) is 17.8. The molecule has 0 amide bonds. The number of nitrogens with one attached hydrogen (secondary N) is 6. The van der Waals surface area contributed by atoms with Crippen LogP contribution in [0, 0.1) is 47.3 Å². The van der Waals surface area contributed by atoms with Crippen LogP contribution in [-0.2, 0) is 0 Å². The second kappa shape index (κ2) is 13.7. The Labute approximate surface area is 298 Å². The van der Waals surface area contributed by atoms with E-state index in [-0.39, 0.29) is 83.8 Å². The Bertz CT molecular complexity index is 721. The minimum Gasteiger partial charge on any atom is -0.632 e. The van der Waals surface area contributed by atoms with E-state index in [4.69, 9.17) is 10.6 Å². The molecular formula is C32H54N8Na2. The van der Waals surface area contributed by atoms with E-state index in [1.54, 1.807) is 0 Å². The molecule has 42 heavy (non-hydrogen) atoms. The summed E-state index contributed by atoms with van der Waals surface area (Å²) < 4.78 is 0. The van der Waals surface area contributed by atoms with Gasteiger partial charge in [-0.3, -0.25) is 16.0 Å². The van der Waals surface area contributed by atoms with Crippen LogP contribution in [-0.4, -0.2) is 49.3 Å². The Morgan fingerprint density at radius 2 is 0.524 bits per heavy atom. The molecule has 16 unspecified atom stereocenters. The minimum absolute atomic E-state index is 0. The van der Waals surface area contributed by atoms with Crippen molar-refractivity contribution in [3.63, 3.8) is 0 Å². The molecule has 5 saturated heterocycles. The maximum absolute atomic E-state index is 5.60. The summed E-state index contributed by atoms with van der Waals surface area (Å²) in [5.74, 6) is 5.59. The molecule has 16 atom stereocenters. The van der Waals surface area contributed by atoms with Crippen LogP contribution in [0.25, 0.3) is 10.6 Å². The van der Waals surface area contributed by atoms with Crippen LogP contribution in [0.15, 0.2) is 0 Å². The van der Waals surface area contributed by atoms with Crippen molar-refractivity contribution in [3.05, 3.63) is 10.6 Å². The molecule has 8 bridgehead atoms. The second-order valence-electron chi connectivity index (χ2n) is 15.4. The third-order valence-electron chi connectivity index (χ3n) is 13.6. The molecule has 5 heterocycles. The van der Waals surface area contributed by atoms with Gasteiger partial charge in [0, 0.05) is 0 Å². The van der Waals surface area contributed by atoms with Crippen molar-refractivity contribution in [2.24, 2.45) is 47.3 Å². The van der Waals surface area contributed by atoms with Gasteiger partial charge in [0.15, 0.2) is 0 Å². The van der Waals surface area contributed by atoms with E-state index in [9.17, 15) is 0 Å². The number of nitrogens with zero attached hydrogens (tertiary/aromatic N) is 2. The summed E-state index contributed by atoms with van der Waals surface area (Å²) in [6.45, 7) is 0. The fourth-order valence-corrected chi connectivity index (χ4v) is 11.7. The molecule has 0 radical (unpaired) electrons. The molecule has 5 aliphatic heterocycles. The van der Waals surface area contributed by atoms with Crippen LogP contribution in [0.2, 0.25) is 0 Å². The maximum Gasteiger partial charge on any atom is 1.00 e. The Morgan fingerprint density at radius 1 is 0.286 bits per heavy atom. The van der Waals surface area contributed by atoms with Gasteiger partial charge in [-0.25, -0.2) is 0 Å². The van der Waals surface area contributed by atoms with E-state index in [1.807, 2.05) is 0 Å². The van der Waals surface area contributed by atoms with Gasteiger partial charge in [0.1, 0.15) is 0 Å². The quantitative estimate of drug-likeness (QED) is 0.185. The third kappa shape index (κ3) is 5.73. The molecule has 9 fully saturated rings. The van der Waals surface area contributed by atoms with Gasteiger partial charge in [0.25, 0.3) is 0 Å². The molecule has 6 N–H and O–H groups in total. The Balaban J connectivity index is 0.00000144. The molecule has 224 valence electrons. The first kappa shape index (κ1) is 32.2. The van der Waals surface area contributed by atoms with Crippen LogP contribution in [0.1, 0.15) is 103 Å². The average Bonchev–Trinajstić information content (AvgIpc) is 3.73. The van der Waals surface area contributed by atoms with Gasteiger partial charge < -0.3 is 26.6 Å². The van der Waals surface area contributed by atoms with Gasteiger partial charge in [-0.1, -0.05) is 102 Å². The van der Waals surface area contributed by atoms with E-state index in [1.165, 1.54) is 103 Å². The summed E-state index contributed by atoms with van der Waals surface area (Å²) >= 11 is 0. The van der Waals surface area contributed by atoms with Crippen LogP contribution in [0.5, 0.6) is 0 Å². The summed E-state index contributed by atoms with van der Waals surface area (Å²) in [5, 5.41) is 36.3. The van der Waals surface area contributed by atoms with Crippen molar-refractivity contribution in [1.82, 2.24) is 31.9 Å². The van der Waals surface area contributed by atoms with Gasteiger partial charge in [-0.2, -0.15) is 0 Å². The van der Waals surface area contributed by atoms with Crippen molar-refractivity contribution in [2.45, 2.75) is 152 Å². The maximum atomic E-state index is 5.60. The fourth-order valence-electron chi connectivity index (χ4n) is 11.7. The zero-order valence-electron chi connectivity index (χ0n) is 26.4. The van der Waals surface area contributed by atoms with Crippen LogP contribution in [0.3, 0.4) is 0 Å². The molecule has 0 aromatic rings. The van der Waals surface area contributed by atoms with Crippen LogP contribution in [0.4, 0.5) is 0 Å². The number of fused-ring (bicyclic) bond motifs is 20. The number of rotatable bonds is 0. The van der Waals surface area contributed by atoms with Crippen molar-refractivity contribution in [1.29, 1.82) is 0 Å². The van der Waals surface area contributed by atoms with Crippen molar-refractivity contribution < 1.29 is 59.1 Å². The van der Waals surface area contributed by atoms with Gasteiger partial charge in [0.05, 0.1) is 24.7 Å². The molecular weight excluding hydrogens is 542 g/mol. The first-order chi connectivity index (χ1) is 19.8. The summed E-state index contributed by atoms with van der Waals surface area (Å²) in [6.07, 6.45) is 24.5. The zero-order chi connectivity index (χ0) is 26.2. The molecule has 0 aromatic carbocycles. The number of hydrogen-bond donors (Lipinski definition) is 6. The van der Waals surface area contributed by atoms with Gasteiger partial charge in [-0.15, -0.1) is 0 Å². The van der Waals surface area contributed by atoms with E-state index in [0.717, 1.165) is 23.7 Å². The average molecular weight is 597 g/mol. The van der Waals surface area contributed by atoms with Crippen LogP contribution < -0.4 is 91.0 Å². The molecule has 8 nitrogen and oxygen atoms in total. The molecule has 0 spiro atoms. The monoisotopic (exact) mass is 596 g/mol. The third-order valence-corrected chi connectivity index (χ3v) is 13.6. The van der Waals surface area contributed by atoms with Crippen molar-refractivity contribution >= 4 is 0 Å². The predicted octanol–water partition coefficient (Wildman–Crippen LogP) is -1.82. The summed E-state index contributed by atoms with van der Waals surface area (Å²) in [6, 6.07) is 0. The summed E-state index contributed by atoms with van der Waals surface area (Å²) in [5.41, 5.74) is 0. The zero-order valence-corrected chi connectivity index (χ0v) is 30.4. The standard InChI is InChI=1S/C32H54N8.2Na/c1-2-10-18-17(9-1)25-33-26(18)38-28-21-13-5-6-14-22(21)30(35-28)40-32-24-16-8-7-15-23(24)31(36-32)39-29-20-12-4-3-11-19(20)27(34-29)37-25;;/h17-34,37-40H,1-16H2;;/q-2;2*+1. The van der Waals surface area contributed by atoms with Crippen LogP contribution >= 0.6 is 0 Å². The van der Waals surface area contributed by atoms with Crippen molar-refractivity contribution in [2.75, 3.05) is 0 Å². The Hall–Kier alpha value is 1.68. The van der Waals surface area contributed by atoms with Gasteiger partial charge in [-0.05, 0) is 73.0 Å². The molecule has 4 saturated carbocycles. The Morgan fingerprint density at radius 3 is 0.833 bits per heavy atom. The fraction of sp³-hybridized carbons (Fsp3) is 1.00. The number of hydrogen-bond acceptors (Lipinski definition) is 6. The molecule has 10 heteroatoms. The second-order valence-corrected chi connectivity index (χ2v) is 15.4. The van der Waals surface area contributed by atoms with E-state index < -0.39 is 0 Å². The van der Waals surface area contributed by atoms with E-state index in [2.05, 4.69) is 31.9 Å². The molecule has 0 aromatic heterocycles. The normalized spacial score (nSPS) is 54.9. The summed E-state index contributed by atoms with van der Waals surface area (Å²) in [7, 11) is 0. The van der Waals surface area contributed by atoms with Crippen molar-refractivity contribution in [3.8, 4) is 0 Å². The van der Waals surface area contributed by atoms with E-state index >= 15 is 0 Å². The largest absolute Gasteiger partial charge is 1.00 e. The van der Waals surface area contributed by atoms with Gasteiger partial charge in [0.2, 0.25) is 0 Å². The molecule has 4 aliphatic carbocycles. The summed E-state index contributed by atoms with van der Waals surface area (Å²) in [4.78, 5) is 0. The Kier molecular flexibility index (Phi) is 10.5. The first-order valence-corrected chi connectivity index (χ1v) is 17.8. The predicted molar refractivity (Wildman–Crippen MR) is 158 cm³/mol. The topological polar surface area (TPSA) is 100 Å².